The van der Waals surface area contributed by atoms with Gasteiger partial charge in [-0.3, -0.25) is 0 Å². The molecule has 2 atom stereocenters. The van der Waals surface area contributed by atoms with E-state index in [0.29, 0.717) is 11.4 Å². The highest BCUT2D eigenvalue weighted by atomic mass is 127. The first-order chi connectivity index (χ1) is 8.55. The van der Waals surface area contributed by atoms with Gasteiger partial charge in [-0.15, -0.1) is 0 Å². The second-order valence-corrected chi connectivity index (χ2v) is 7.70. The Bertz CT molecular complexity index is 498. The molecule has 1 aliphatic rings. The minimum Gasteiger partial charge on any atom is -0.207 e. The summed E-state index contributed by atoms with van der Waals surface area (Å²) in [6.07, 6.45) is 3.29. The maximum atomic E-state index is 12.3. The minimum absolute atomic E-state index is 0.235. The number of unbranched alkanes of at least 4 members (excludes halogenated alkanes) is 1. The molecule has 2 rings (SSSR count). The van der Waals surface area contributed by atoms with Crippen molar-refractivity contribution in [2.75, 3.05) is 11.0 Å². The number of benzene rings is 1. The molecule has 2 unspecified atom stereocenters. The number of rotatable bonds is 6. The molecule has 1 heterocycles. The highest BCUT2D eigenvalue weighted by Gasteiger charge is 2.43. The summed E-state index contributed by atoms with van der Waals surface area (Å²) >= 11 is 2.36. The number of nitrogens with zero attached hydrogens (tertiary/aromatic N) is 1. The summed E-state index contributed by atoms with van der Waals surface area (Å²) in [7, 11) is -3.24. The molecule has 0 bridgehead atoms. The molecular weight excluding hydrogens is 361 g/mol. The van der Waals surface area contributed by atoms with Gasteiger partial charge in [0.25, 0.3) is 0 Å². The largest absolute Gasteiger partial charge is 0.243 e. The van der Waals surface area contributed by atoms with Gasteiger partial charge in [-0.1, -0.05) is 46.7 Å². The first-order valence-electron chi connectivity index (χ1n) is 6.20. The zero-order valence-electron chi connectivity index (χ0n) is 10.5. The average molecular weight is 379 g/mol. The molecule has 0 saturated carbocycles. The molecule has 0 spiro atoms. The Kier molecular flexibility index (Phi) is 4.66. The minimum atomic E-state index is -3.24. The van der Waals surface area contributed by atoms with Crippen LogP contribution in [-0.4, -0.2) is 29.7 Å². The Morgan fingerprint density at radius 2 is 1.94 bits per heavy atom. The first kappa shape index (κ1) is 14.3. The van der Waals surface area contributed by atoms with Gasteiger partial charge in [0.2, 0.25) is 10.0 Å². The van der Waals surface area contributed by atoms with E-state index in [9.17, 15) is 8.42 Å². The highest BCUT2D eigenvalue weighted by molar-refractivity contribution is 14.1. The summed E-state index contributed by atoms with van der Waals surface area (Å²) < 4.78 is 27.3. The fourth-order valence-corrected chi connectivity index (χ4v) is 4.17. The van der Waals surface area contributed by atoms with Crippen LogP contribution in [0.15, 0.2) is 29.2 Å². The Morgan fingerprint density at radius 1 is 1.28 bits per heavy atom. The second-order valence-electron chi connectivity index (χ2n) is 4.73. The van der Waals surface area contributed by atoms with Crippen LogP contribution < -0.4 is 0 Å². The van der Waals surface area contributed by atoms with Crippen molar-refractivity contribution in [1.82, 2.24) is 4.31 Å². The van der Waals surface area contributed by atoms with Crippen LogP contribution in [0, 0.1) is 6.92 Å². The summed E-state index contributed by atoms with van der Waals surface area (Å²) in [5.41, 5.74) is 1.08. The summed E-state index contributed by atoms with van der Waals surface area (Å²) in [6, 6.07) is 7.33. The SMILES string of the molecule is Cc1ccc(S(=O)(=O)N2CC2CCCCI)cc1. The predicted molar refractivity (Wildman–Crippen MR) is 81.6 cm³/mol. The second kappa shape index (κ2) is 5.88. The molecule has 3 nitrogen and oxygen atoms in total. The number of halogens is 1. The van der Waals surface area contributed by atoms with Crippen LogP contribution in [0.25, 0.3) is 0 Å². The van der Waals surface area contributed by atoms with E-state index in [4.69, 9.17) is 0 Å². The zero-order chi connectivity index (χ0) is 13.2. The molecule has 1 fully saturated rings. The molecule has 1 aromatic carbocycles. The van der Waals surface area contributed by atoms with Crippen molar-refractivity contribution in [3.63, 3.8) is 0 Å². The summed E-state index contributed by atoms with van der Waals surface area (Å²) in [5, 5.41) is 0. The van der Waals surface area contributed by atoms with Gasteiger partial charge in [0.05, 0.1) is 4.90 Å². The lowest BCUT2D eigenvalue weighted by atomic mass is 10.2. The molecule has 1 aliphatic heterocycles. The van der Waals surface area contributed by atoms with Crippen LogP contribution in [0.4, 0.5) is 0 Å². The van der Waals surface area contributed by atoms with Crippen molar-refractivity contribution in [3.05, 3.63) is 29.8 Å². The quantitative estimate of drug-likeness (QED) is 0.330. The molecular formula is C13H18INO2S. The Labute approximate surface area is 123 Å². The van der Waals surface area contributed by atoms with E-state index < -0.39 is 10.0 Å². The summed E-state index contributed by atoms with van der Waals surface area (Å²) in [6.45, 7) is 2.65. The molecule has 0 aliphatic carbocycles. The van der Waals surface area contributed by atoms with Crippen LogP contribution in [0.3, 0.4) is 0 Å². The molecule has 0 aromatic heterocycles. The third-order valence-corrected chi connectivity index (χ3v) is 5.91. The fourth-order valence-electron chi connectivity index (χ4n) is 2.01. The third-order valence-electron chi connectivity index (χ3n) is 3.21. The average Bonchev–Trinajstić information content (AvgIpc) is 3.10. The lowest BCUT2D eigenvalue weighted by Crippen LogP contribution is -2.14. The molecule has 1 aromatic rings. The lowest BCUT2D eigenvalue weighted by molar-refractivity contribution is 0.543. The standard InChI is InChI=1S/C13H18INO2S/c1-11-5-7-13(8-6-11)18(16,17)15-10-12(15)4-2-3-9-14/h5-8,12H,2-4,9-10H2,1H3. The molecule has 0 N–H and O–H groups in total. The molecule has 5 heteroatoms. The maximum Gasteiger partial charge on any atom is 0.243 e. The summed E-state index contributed by atoms with van der Waals surface area (Å²) in [5.74, 6) is 0. The van der Waals surface area contributed by atoms with Gasteiger partial charge in [0.15, 0.2) is 0 Å². The van der Waals surface area contributed by atoms with E-state index in [2.05, 4.69) is 22.6 Å². The van der Waals surface area contributed by atoms with Gasteiger partial charge in [-0.2, -0.15) is 4.31 Å². The number of aryl methyl sites for hydroxylation is 1. The highest BCUT2D eigenvalue weighted by Crippen LogP contribution is 2.31. The van der Waals surface area contributed by atoms with Gasteiger partial charge < -0.3 is 0 Å². The molecule has 18 heavy (non-hydrogen) atoms. The van der Waals surface area contributed by atoms with Crippen LogP contribution >= 0.6 is 22.6 Å². The molecule has 0 amide bonds. The van der Waals surface area contributed by atoms with Gasteiger partial charge in [-0.25, -0.2) is 8.42 Å². The van der Waals surface area contributed by atoms with Crippen LogP contribution in [0.2, 0.25) is 0 Å². The maximum absolute atomic E-state index is 12.3. The smallest absolute Gasteiger partial charge is 0.207 e. The van der Waals surface area contributed by atoms with E-state index in [1.54, 1.807) is 16.4 Å². The first-order valence-corrected chi connectivity index (χ1v) is 9.17. The third kappa shape index (κ3) is 3.24. The summed E-state index contributed by atoms with van der Waals surface area (Å²) in [4.78, 5) is 0.421. The van der Waals surface area contributed by atoms with Crippen molar-refractivity contribution < 1.29 is 8.42 Å². The van der Waals surface area contributed by atoms with Gasteiger partial charge >= 0.3 is 0 Å². The van der Waals surface area contributed by atoms with Crippen molar-refractivity contribution >= 4 is 32.6 Å². The number of hydrogen-bond acceptors (Lipinski definition) is 2. The van der Waals surface area contributed by atoms with Crippen molar-refractivity contribution in [2.45, 2.75) is 37.1 Å². The van der Waals surface area contributed by atoms with Crippen LogP contribution in [-0.2, 0) is 10.0 Å². The topological polar surface area (TPSA) is 37.1 Å². The predicted octanol–water partition coefficient (Wildman–Crippen LogP) is 2.97. The molecule has 0 radical (unpaired) electrons. The number of sulfonamides is 1. The van der Waals surface area contributed by atoms with E-state index in [-0.39, 0.29) is 6.04 Å². The van der Waals surface area contributed by atoms with E-state index in [1.165, 1.54) is 6.42 Å². The monoisotopic (exact) mass is 379 g/mol. The molecule has 100 valence electrons. The molecule has 1 saturated heterocycles. The Balaban J connectivity index is 1.99. The van der Waals surface area contributed by atoms with E-state index in [0.717, 1.165) is 22.8 Å². The fraction of sp³-hybridized carbons (Fsp3) is 0.538. The van der Waals surface area contributed by atoms with Crippen molar-refractivity contribution in [1.29, 1.82) is 0 Å². The lowest BCUT2D eigenvalue weighted by Gasteiger charge is -2.06. The Morgan fingerprint density at radius 3 is 2.56 bits per heavy atom. The zero-order valence-corrected chi connectivity index (χ0v) is 13.4. The van der Waals surface area contributed by atoms with Gasteiger partial charge in [0, 0.05) is 12.6 Å². The van der Waals surface area contributed by atoms with Crippen molar-refractivity contribution in [2.24, 2.45) is 0 Å². The van der Waals surface area contributed by atoms with Crippen LogP contribution in [0.1, 0.15) is 24.8 Å². The van der Waals surface area contributed by atoms with Crippen LogP contribution in [0.5, 0.6) is 0 Å². The van der Waals surface area contributed by atoms with E-state index >= 15 is 0 Å². The van der Waals surface area contributed by atoms with E-state index in [1.807, 2.05) is 19.1 Å². The van der Waals surface area contributed by atoms with Crippen molar-refractivity contribution in [3.8, 4) is 0 Å². The van der Waals surface area contributed by atoms with Gasteiger partial charge in [-0.05, 0) is 36.3 Å². The number of alkyl halides is 1. The van der Waals surface area contributed by atoms with Gasteiger partial charge in [0.1, 0.15) is 0 Å². The normalized spacial score (nSPS) is 23.0. The number of hydrogen-bond donors (Lipinski definition) is 0. The Hall–Kier alpha value is -0.140.